The van der Waals surface area contributed by atoms with Gasteiger partial charge in [-0.25, -0.2) is 5.01 Å². The highest BCUT2D eigenvalue weighted by molar-refractivity contribution is 5.76. The number of nitrogens with zero attached hydrogens (tertiary/aromatic N) is 1. The van der Waals surface area contributed by atoms with E-state index in [4.69, 9.17) is 19.3 Å². The van der Waals surface area contributed by atoms with Gasteiger partial charge in [0, 0.05) is 13.1 Å². The van der Waals surface area contributed by atoms with Gasteiger partial charge in [0.2, 0.25) is 0 Å². The van der Waals surface area contributed by atoms with Gasteiger partial charge in [-0.05, 0) is 48.6 Å². The summed E-state index contributed by atoms with van der Waals surface area (Å²) in [5, 5.41) is 10.8. The average molecular weight is 457 g/mol. The molecule has 0 aromatic heterocycles. The molecule has 33 heavy (non-hydrogen) atoms. The van der Waals surface area contributed by atoms with Crippen molar-refractivity contribution >= 4 is 11.9 Å². The number of hydrazine groups is 1. The summed E-state index contributed by atoms with van der Waals surface area (Å²) < 4.78 is 17.0. The van der Waals surface area contributed by atoms with Crippen molar-refractivity contribution < 1.29 is 28.9 Å². The number of methoxy groups -OCH3 is 1. The molecule has 0 aliphatic carbocycles. The number of hydrogen-bond acceptors (Lipinski definition) is 7. The molecule has 0 radical (unpaired) electrons. The molecule has 1 aliphatic rings. The fourth-order valence-electron chi connectivity index (χ4n) is 3.71. The number of ether oxygens (including phenoxy) is 3. The van der Waals surface area contributed by atoms with Crippen LogP contribution in [-0.2, 0) is 27.2 Å². The van der Waals surface area contributed by atoms with Crippen molar-refractivity contribution in [3.8, 4) is 11.5 Å². The van der Waals surface area contributed by atoms with E-state index in [1.165, 1.54) is 5.56 Å². The Kier molecular flexibility index (Phi) is 9.53. The van der Waals surface area contributed by atoms with Crippen LogP contribution in [0.4, 0.5) is 0 Å². The standard InChI is InChI=1S/C25H32N2O6/c1-31-21-8-4-6-19(16-21)10-11-20-7-2-3-9-23(20)32-18-22(17-27-15-5-14-26-27)33-25(30)13-12-24(28)29/h2-4,6-9,16,22,26H,5,10-15,17-18H2,1H3,(H,28,29). The number of carbonyl (C=O) groups excluding carboxylic acids is 1. The number of carboxylic acid groups (broad SMARTS) is 1. The highest BCUT2D eigenvalue weighted by Gasteiger charge is 2.22. The number of esters is 1. The monoisotopic (exact) mass is 456 g/mol. The minimum atomic E-state index is -1.02. The zero-order valence-electron chi connectivity index (χ0n) is 19.0. The van der Waals surface area contributed by atoms with Crippen LogP contribution >= 0.6 is 0 Å². The molecule has 8 nitrogen and oxygen atoms in total. The van der Waals surface area contributed by atoms with Gasteiger partial charge in [0.25, 0.3) is 0 Å². The van der Waals surface area contributed by atoms with Gasteiger partial charge in [0.1, 0.15) is 24.2 Å². The van der Waals surface area contributed by atoms with Crippen LogP contribution in [0.15, 0.2) is 48.5 Å². The van der Waals surface area contributed by atoms with Gasteiger partial charge in [-0.15, -0.1) is 0 Å². The van der Waals surface area contributed by atoms with Crippen molar-refractivity contribution in [2.45, 2.75) is 38.2 Å². The van der Waals surface area contributed by atoms with E-state index in [1.807, 2.05) is 47.5 Å². The Bertz CT molecular complexity index is 913. The van der Waals surface area contributed by atoms with E-state index in [1.54, 1.807) is 7.11 Å². The normalized spacial score (nSPS) is 14.6. The lowest BCUT2D eigenvalue weighted by molar-refractivity contribution is -0.154. The fourth-order valence-corrected chi connectivity index (χ4v) is 3.71. The first kappa shape index (κ1) is 24.5. The van der Waals surface area contributed by atoms with Crippen LogP contribution < -0.4 is 14.9 Å². The summed E-state index contributed by atoms with van der Waals surface area (Å²) in [6, 6.07) is 15.8. The van der Waals surface area contributed by atoms with E-state index in [0.29, 0.717) is 6.54 Å². The Morgan fingerprint density at radius 2 is 1.97 bits per heavy atom. The number of hydrogen-bond donors (Lipinski definition) is 2. The van der Waals surface area contributed by atoms with Gasteiger partial charge in [0.05, 0.1) is 26.5 Å². The summed E-state index contributed by atoms with van der Waals surface area (Å²) >= 11 is 0. The summed E-state index contributed by atoms with van der Waals surface area (Å²) in [6.07, 6.45) is 1.73. The molecule has 8 heteroatoms. The summed E-state index contributed by atoms with van der Waals surface area (Å²) in [5.41, 5.74) is 5.49. The molecular formula is C25H32N2O6. The van der Waals surface area contributed by atoms with Crippen LogP contribution in [0.2, 0.25) is 0 Å². The summed E-state index contributed by atoms with van der Waals surface area (Å²) in [5.74, 6) is 0.0314. The molecule has 1 atom stereocenters. The zero-order chi connectivity index (χ0) is 23.5. The van der Waals surface area contributed by atoms with Crippen LogP contribution in [-0.4, -0.2) is 61.5 Å². The van der Waals surface area contributed by atoms with E-state index >= 15 is 0 Å². The number of benzene rings is 2. The van der Waals surface area contributed by atoms with E-state index in [9.17, 15) is 9.59 Å². The zero-order valence-corrected chi connectivity index (χ0v) is 19.0. The maximum Gasteiger partial charge on any atom is 0.306 e. The highest BCUT2D eigenvalue weighted by Crippen LogP contribution is 2.22. The summed E-state index contributed by atoms with van der Waals surface area (Å²) in [4.78, 5) is 22.9. The Balaban J connectivity index is 1.60. The van der Waals surface area contributed by atoms with E-state index in [0.717, 1.165) is 49.4 Å². The number of aryl methyl sites for hydroxylation is 2. The number of carbonyl (C=O) groups is 2. The number of rotatable bonds is 13. The number of nitrogens with one attached hydrogen (secondary N) is 1. The summed E-state index contributed by atoms with van der Waals surface area (Å²) in [6.45, 7) is 2.41. The van der Waals surface area contributed by atoms with Crippen molar-refractivity contribution in [3.05, 3.63) is 59.7 Å². The smallest absolute Gasteiger partial charge is 0.306 e. The molecule has 0 bridgehead atoms. The molecule has 1 heterocycles. The van der Waals surface area contributed by atoms with Crippen LogP contribution in [0.5, 0.6) is 11.5 Å². The molecule has 2 aromatic carbocycles. The molecule has 178 valence electrons. The molecule has 1 aliphatic heterocycles. The molecule has 0 amide bonds. The average Bonchev–Trinajstić information content (AvgIpc) is 3.33. The Hall–Kier alpha value is -3.10. The second kappa shape index (κ2) is 12.8. The molecule has 1 saturated heterocycles. The van der Waals surface area contributed by atoms with Crippen LogP contribution in [0.25, 0.3) is 0 Å². The lowest BCUT2D eigenvalue weighted by Crippen LogP contribution is -2.42. The molecule has 2 N–H and O–H groups in total. The van der Waals surface area contributed by atoms with Crippen LogP contribution in [0.3, 0.4) is 0 Å². The first-order valence-corrected chi connectivity index (χ1v) is 11.3. The molecular weight excluding hydrogens is 424 g/mol. The van der Waals surface area contributed by atoms with Crippen molar-refractivity contribution in [3.63, 3.8) is 0 Å². The Labute approximate surface area is 194 Å². The number of para-hydroxylation sites is 1. The number of aliphatic carboxylic acids is 1. The third-order valence-electron chi connectivity index (χ3n) is 5.42. The lowest BCUT2D eigenvalue weighted by Gasteiger charge is -2.24. The van der Waals surface area contributed by atoms with Gasteiger partial charge in [-0.2, -0.15) is 0 Å². The first-order valence-electron chi connectivity index (χ1n) is 11.3. The van der Waals surface area contributed by atoms with Gasteiger partial charge >= 0.3 is 11.9 Å². The van der Waals surface area contributed by atoms with Gasteiger partial charge in [0.15, 0.2) is 0 Å². The van der Waals surface area contributed by atoms with Crippen molar-refractivity contribution in [1.29, 1.82) is 0 Å². The van der Waals surface area contributed by atoms with Crippen molar-refractivity contribution in [2.75, 3.05) is 33.4 Å². The largest absolute Gasteiger partial charge is 0.497 e. The van der Waals surface area contributed by atoms with Gasteiger partial charge < -0.3 is 19.3 Å². The highest BCUT2D eigenvalue weighted by atomic mass is 16.6. The summed E-state index contributed by atoms with van der Waals surface area (Å²) in [7, 11) is 1.66. The Morgan fingerprint density at radius 1 is 1.12 bits per heavy atom. The fraction of sp³-hybridized carbons (Fsp3) is 0.440. The lowest BCUT2D eigenvalue weighted by atomic mass is 10.0. The van der Waals surface area contributed by atoms with Crippen LogP contribution in [0, 0.1) is 0 Å². The van der Waals surface area contributed by atoms with Crippen molar-refractivity contribution in [1.82, 2.24) is 10.4 Å². The minimum Gasteiger partial charge on any atom is -0.497 e. The van der Waals surface area contributed by atoms with Gasteiger partial charge in [-0.3, -0.25) is 15.0 Å². The second-order valence-corrected chi connectivity index (χ2v) is 7.98. The predicted molar refractivity (Wildman–Crippen MR) is 123 cm³/mol. The van der Waals surface area contributed by atoms with Crippen LogP contribution in [0.1, 0.15) is 30.4 Å². The molecule has 1 unspecified atom stereocenters. The quantitative estimate of drug-likeness (QED) is 0.444. The van der Waals surface area contributed by atoms with Gasteiger partial charge in [-0.1, -0.05) is 30.3 Å². The molecule has 2 aromatic rings. The molecule has 0 saturated carbocycles. The topological polar surface area (TPSA) is 97.3 Å². The third-order valence-corrected chi connectivity index (χ3v) is 5.42. The Morgan fingerprint density at radius 3 is 2.73 bits per heavy atom. The molecule has 1 fully saturated rings. The van der Waals surface area contributed by atoms with E-state index in [-0.39, 0.29) is 19.4 Å². The maximum absolute atomic E-state index is 12.1. The second-order valence-electron chi connectivity index (χ2n) is 7.98. The number of carboxylic acids is 1. The predicted octanol–water partition coefficient (Wildman–Crippen LogP) is 2.85. The molecule has 3 rings (SSSR count). The third kappa shape index (κ3) is 8.40. The van der Waals surface area contributed by atoms with E-state index < -0.39 is 18.0 Å². The SMILES string of the molecule is COc1cccc(CCc2ccccc2OCC(CN2CCCN2)OC(=O)CCC(=O)O)c1. The minimum absolute atomic E-state index is 0.156. The molecule has 0 spiro atoms. The van der Waals surface area contributed by atoms with E-state index in [2.05, 4.69) is 11.5 Å². The van der Waals surface area contributed by atoms with Crippen molar-refractivity contribution in [2.24, 2.45) is 0 Å². The maximum atomic E-state index is 12.1. The first-order chi connectivity index (χ1) is 16.0.